The van der Waals surface area contributed by atoms with Gasteiger partial charge in [0.25, 0.3) is 0 Å². The summed E-state index contributed by atoms with van der Waals surface area (Å²) in [4.78, 5) is 21.4. The molecule has 0 aliphatic carbocycles. The maximum absolute atomic E-state index is 12.5. The molecular formula is C15H23N3OS. The molecule has 4 nitrogen and oxygen atoms in total. The Morgan fingerprint density at radius 2 is 2.15 bits per heavy atom. The Morgan fingerprint density at radius 1 is 1.35 bits per heavy atom. The van der Waals surface area contributed by atoms with E-state index in [1.54, 1.807) is 11.3 Å². The van der Waals surface area contributed by atoms with Gasteiger partial charge in [0.1, 0.15) is 0 Å². The third-order valence-corrected chi connectivity index (χ3v) is 5.35. The van der Waals surface area contributed by atoms with Crippen LogP contribution in [-0.4, -0.2) is 52.9 Å². The number of hydrogen-bond acceptors (Lipinski definition) is 4. The van der Waals surface area contributed by atoms with E-state index in [2.05, 4.69) is 21.8 Å². The standard InChI is InChI=1S/C15H23N3OS/c1-17-8-2-4-13(17)14-5-3-9-18(14)15(19)7-6-12-10-20-11-16-12/h10-11,13-14H,2-9H2,1H3. The average Bonchev–Trinajstić information content (AvgIpc) is 3.16. The second-order valence-corrected chi connectivity index (χ2v) is 6.69. The van der Waals surface area contributed by atoms with Crippen LogP contribution in [-0.2, 0) is 11.2 Å². The van der Waals surface area contributed by atoms with Gasteiger partial charge in [-0.3, -0.25) is 4.79 Å². The molecule has 110 valence electrons. The second kappa shape index (κ2) is 6.22. The molecule has 0 radical (unpaired) electrons. The topological polar surface area (TPSA) is 36.4 Å². The van der Waals surface area contributed by atoms with E-state index in [0.717, 1.165) is 25.1 Å². The van der Waals surface area contributed by atoms with Crippen molar-refractivity contribution in [1.82, 2.24) is 14.8 Å². The van der Waals surface area contributed by atoms with E-state index in [1.165, 1.54) is 25.8 Å². The Morgan fingerprint density at radius 3 is 2.85 bits per heavy atom. The molecule has 5 heteroatoms. The van der Waals surface area contributed by atoms with Gasteiger partial charge in [-0.15, -0.1) is 11.3 Å². The van der Waals surface area contributed by atoms with Crippen molar-refractivity contribution in [3.8, 4) is 0 Å². The normalized spacial score (nSPS) is 27.4. The van der Waals surface area contributed by atoms with Crippen LogP contribution < -0.4 is 0 Å². The molecule has 1 amide bonds. The highest BCUT2D eigenvalue weighted by Gasteiger charge is 2.37. The Kier molecular flexibility index (Phi) is 4.36. The predicted molar refractivity (Wildman–Crippen MR) is 80.8 cm³/mol. The Labute approximate surface area is 124 Å². The molecule has 2 unspecified atom stereocenters. The molecule has 0 bridgehead atoms. The lowest BCUT2D eigenvalue weighted by molar-refractivity contribution is -0.132. The van der Waals surface area contributed by atoms with Crippen LogP contribution in [0.1, 0.15) is 37.8 Å². The van der Waals surface area contributed by atoms with Crippen LogP contribution >= 0.6 is 11.3 Å². The molecule has 20 heavy (non-hydrogen) atoms. The minimum absolute atomic E-state index is 0.320. The minimum atomic E-state index is 0.320. The van der Waals surface area contributed by atoms with E-state index >= 15 is 0 Å². The molecule has 0 saturated carbocycles. The first kappa shape index (κ1) is 14.0. The molecule has 3 rings (SSSR count). The van der Waals surface area contributed by atoms with Crippen molar-refractivity contribution in [3.63, 3.8) is 0 Å². The van der Waals surface area contributed by atoms with Gasteiger partial charge in [-0.25, -0.2) is 4.98 Å². The molecule has 2 saturated heterocycles. The minimum Gasteiger partial charge on any atom is -0.338 e. The molecule has 3 heterocycles. The zero-order valence-corrected chi connectivity index (χ0v) is 12.9. The first-order valence-corrected chi connectivity index (χ1v) is 8.57. The molecule has 2 atom stereocenters. The zero-order chi connectivity index (χ0) is 13.9. The molecule has 1 aromatic heterocycles. The number of hydrogen-bond donors (Lipinski definition) is 0. The predicted octanol–water partition coefficient (Wildman–Crippen LogP) is 2.16. The lowest BCUT2D eigenvalue weighted by atomic mass is 10.0. The molecule has 1 aromatic rings. The zero-order valence-electron chi connectivity index (χ0n) is 12.1. The van der Waals surface area contributed by atoms with Crippen LogP contribution in [0.15, 0.2) is 10.9 Å². The summed E-state index contributed by atoms with van der Waals surface area (Å²) in [6.07, 6.45) is 6.26. The number of amides is 1. The fourth-order valence-corrected chi connectivity index (χ4v) is 4.26. The van der Waals surface area contributed by atoms with Gasteiger partial charge in [-0.2, -0.15) is 0 Å². The number of rotatable bonds is 4. The lowest BCUT2D eigenvalue weighted by Gasteiger charge is -2.33. The van der Waals surface area contributed by atoms with Crippen molar-refractivity contribution in [2.45, 2.75) is 50.6 Å². The first-order valence-electron chi connectivity index (χ1n) is 7.62. The highest BCUT2D eigenvalue weighted by Crippen LogP contribution is 2.29. The quantitative estimate of drug-likeness (QED) is 0.853. The van der Waals surface area contributed by atoms with Crippen molar-refractivity contribution in [3.05, 3.63) is 16.6 Å². The second-order valence-electron chi connectivity index (χ2n) is 5.97. The van der Waals surface area contributed by atoms with Crippen LogP contribution in [0.2, 0.25) is 0 Å². The lowest BCUT2D eigenvalue weighted by Crippen LogP contribution is -2.47. The molecule has 2 fully saturated rings. The number of carbonyl (C=O) groups excluding carboxylic acids is 1. The molecule has 2 aliphatic heterocycles. The summed E-state index contributed by atoms with van der Waals surface area (Å²) >= 11 is 1.60. The van der Waals surface area contributed by atoms with Crippen LogP contribution in [0.5, 0.6) is 0 Å². The van der Waals surface area contributed by atoms with Gasteiger partial charge in [0.05, 0.1) is 11.2 Å². The molecule has 0 spiro atoms. The smallest absolute Gasteiger partial charge is 0.223 e. The number of likely N-dealkylation sites (N-methyl/N-ethyl adjacent to an activating group) is 1. The average molecular weight is 293 g/mol. The fourth-order valence-electron chi connectivity index (χ4n) is 3.66. The summed E-state index contributed by atoms with van der Waals surface area (Å²) in [5.41, 5.74) is 2.89. The SMILES string of the molecule is CN1CCCC1C1CCCN1C(=O)CCc1cscn1. The third-order valence-electron chi connectivity index (χ3n) is 4.72. The maximum Gasteiger partial charge on any atom is 0.223 e. The number of aromatic nitrogens is 1. The van der Waals surface area contributed by atoms with Gasteiger partial charge < -0.3 is 9.80 Å². The van der Waals surface area contributed by atoms with Gasteiger partial charge in [0.2, 0.25) is 5.91 Å². The van der Waals surface area contributed by atoms with Gasteiger partial charge in [-0.05, 0) is 45.7 Å². The van der Waals surface area contributed by atoms with E-state index in [4.69, 9.17) is 0 Å². The van der Waals surface area contributed by atoms with E-state index in [0.29, 0.717) is 24.4 Å². The number of nitrogens with zero attached hydrogens (tertiary/aromatic N) is 3. The highest BCUT2D eigenvalue weighted by molar-refractivity contribution is 7.07. The molecule has 0 aromatic carbocycles. The van der Waals surface area contributed by atoms with Crippen LogP contribution in [0.4, 0.5) is 0 Å². The van der Waals surface area contributed by atoms with Gasteiger partial charge in [0, 0.05) is 30.4 Å². The summed E-state index contributed by atoms with van der Waals surface area (Å²) in [7, 11) is 2.20. The molecule has 2 aliphatic rings. The van der Waals surface area contributed by atoms with Crippen LogP contribution in [0.25, 0.3) is 0 Å². The van der Waals surface area contributed by atoms with Crippen molar-refractivity contribution >= 4 is 17.2 Å². The van der Waals surface area contributed by atoms with Gasteiger partial charge in [-0.1, -0.05) is 0 Å². The third kappa shape index (κ3) is 2.88. The van der Waals surface area contributed by atoms with Gasteiger partial charge in [0.15, 0.2) is 0 Å². The van der Waals surface area contributed by atoms with E-state index in [1.807, 2.05) is 10.9 Å². The van der Waals surface area contributed by atoms with Crippen molar-refractivity contribution < 1.29 is 4.79 Å². The summed E-state index contributed by atoms with van der Waals surface area (Å²) in [5, 5.41) is 2.04. The van der Waals surface area contributed by atoms with E-state index in [9.17, 15) is 4.79 Å². The summed E-state index contributed by atoms with van der Waals surface area (Å²) in [5.74, 6) is 0.320. The summed E-state index contributed by atoms with van der Waals surface area (Å²) in [6.45, 7) is 2.13. The monoisotopic (exact) mass is 293 g/mol. The number of likely N-dealkylation sites (tertiary alicyclic amines) is 2. The number of thiazole rings is 1. The van der Waals surface area contributed by atoms with Crippen molar-refractivity contribution in [2.75, 3.05) is 20.1 Å². The largest absolute Gasteiger partial charge is 0.338 e. The first-order chi connectivity index (χ1) is 9.75. The summed E-state index contributed by atoms with van der Waals surface area (Å²) in [6, 6.07) is 1.03. The Balaban J connectivity index is 1.58. The van der Waals surface area contributed by atoms with Gasteiger partial charge >= 0.3 is 0 Å². The van der Waals surface area contributed by atoms with Crippen molar-refractivity contribution in [1.29, 1.82) is 0 Å². The Bertz CT molecular complexity index is 448. The maximum atomic E-state index is 12.5. The highest BCUT2D eigenvalue weighted by atomic mass is 32.1. The van der Waals surface area contributed by atoms with Crippen molar-refractivity contribution in [2.24, 2.45) is 0 Å². The fraction of sp³-hybridized carbons (Fsp3) is 0.733. The van der Waals surface area contributed by atoms with Crippen LogP contribution in [0.3, 0.4) is 0 Å². The Hall–Kier alpha value is -0.940. The number of aryl methyl sites for hydroxylation is 1. The summed E-state index contributed by atoms with van der Waals surface area (Å²) < 4.78 is 0. The van der Waals surface area contributed by atoms with Crippen LogP contribution in [0, 0.1) is 0 Å². The number of carbonyl (C=O) groups is 1. The van der Waals surface area contributed by atoms with E-state index in [-0.39, 0.29) is 0 Å². The molecule has 0 N–H and O–H groups in total. The molecular weight excluding hydrogens is 270 g/mol. The van der Waals surface area contributed by atoms with E-state index < -0.39 is 0 Å².